The highest BCUT2D eigenvalue weighted by atomic mass is 35.5. The Bertz CT molecular complexity index is 1090. The highest BCUT2D eigenvalue weighted by Crippen LogP contribution is 2.44. The number of esters is 1. The lowest BCUT2D eigenvalue weighted by Gasteiger charge is -2.14. The van der Waals surface area contributed by atoms with Crippen LogP contribution in [0.5, 0.6) is 28.7 Å². The molecule has 0 saturated heterocycles. The largest absolute Gasteiger partial charge is 0.507 e. The Balaban J connectivity index is 2.21. The van der Waals surface area contributed by atoms with Crippen molar-refractivity contribution in [1.82, 2.24) is 0 Å². The molecule has 0 radical (unpaired) electrons. The van der Waals surface area contributed by atoms with E-state index in [1.54, 1.807) is 0 Å². The minimum Gasteiger partial charge on any atom is -0.507 e. The van der Waals surface area contributed by atoms with Crippen molar-refractivity contribution in [2.45, 2.75) is 19.8 Å². The first-order valence-electron chi connectivity index (χ1n) is 8.70. The number of benzene rings is 2. The molecule has 2 aromatic carbocycles. The number of phenolic OH excluding ortho intramolecular Hbond substituents is 4. The number of anilines is 1. The zero-order valence-electron chi connectivity index (χ0n) is 15.9. The fourth-order valence-corrected chi connectivity index (χ4v) is 3.38. The Kier molecular flexibility index (Phi) is 5.66. The average Bonchev–Trinajstić information content (AvgIpc) is 2.66. The quantitative estimate of drug-likeness (QED) is 0.260. The number of hydrogen-bond acceptors (Lipinski definition) is 8. The zero-order chi connectivity index (χ0) is 22.2. The Morgan fingerprint density at radius 1 is 1.07 bits per heavy atom. The van der Waals surface area contributed by atoms with Gasteiger partial charge in [-0.2, -0.15) is 0 Å². The Morgan fingerprint density at radius 3 is 2.43 bits per heavy atom. The maximum atomic E-state index is 12.7. The number of methoxy groups -OCH3 is 1. The van der Waals surface area contributed by atoms with Crippen LogP contribution in [0.1, 0.15) is 34.8 Å². The van der Waals surface area contributed by atoms with Crippen molar-refractivity contribution in [2.75, 3.05) is 12.4 Å². The first-order valence-corrected chi connectivity index (χ1v) is 9.08. The van der Waals surface area contributed by atoms with E-state index in [0.717, 1.165) is 12.1 Å². The number of nitrogens with one attached hydrogen (secondary N) is 1. The molecule has 1 aliphatic rings. The number of amides is 1. The van der Waals surface area contributed by atoms with Gasteiger partial charge < -0.3 is 35.2 Å². The van der Waals surface area contributed by atoms with Crippen molar-refractivity contribution in [3.63, 3.8) is 0 Å². The molecule has 2 aromatic rings. The van der Waals surface area contributed by atoms with E-state index in [1.807, 2.05) is 0 Å². The highest BCUT2D eigenvalue weighted by Gasteiger charge is 2.26. The molecule has 158 valence electrons. The van der Waals surface area contributed by atoms with Gasteiger partial charge in [0.2, 0.25) is 5.91 Å². The predicted molar refractivity (Wildman–Crippen MR) is 107 cm³/mol. The molecule has 5 N–H and O–H groups in total. The number of carbonyl (C=O) groups is 2. The van der Waals surface area contributed by atoms with Gasteiger partial charge in [0.1, 0.15) is 28.6 Å². The van der Waals surface area contributed by atoms with Gasteiger partial charge >= 0.3 is 5.97 Å². The van der Waals surface area contributed by atoms with E-state index >= 15 is 0 Å². The topological polar surface area (TPSA) is 146 Å². The second-order valence-corrected chi connectivity index (χ2v) is 6.89. The molecule has 0 fully saturated rings. The van der Waals surface area contributed by atoms with Crippen LogP contribution in [0, 0.1) is 0 Å². The molecular weight excluding hydrogens is 418 g/mol. The zero-order valence-corrected chi connectivity index (χ0v) is 16.7. The number of allylic oxidation sites excluding steroid dienone is 1. The van der Waals surface area contributed by atoms with Crippen molar-refractivity contribution >= 4 is 35.2 Å². The van der Waals surface area contributed by atoms with Crippen molar-refractivity contribution in [3.05, 3.63) is 39.6 Å². The number of halogens is 1. The summed E-state index contributed by atoms with van der Waals surface area (Å²) < 4.78 is 10.4. The number of carbonyl (C=O) groups excluding carboxylic acids is 2. The SMILES string of the molecule is COc1c(O)cc2c(O)c1C=C(C)OC(=O)c1c(O)cc(O)c(Cl)c1CCC(=O)N2. The second-order valence-electron chi connectivity index (χ2n) is 6.51. The lowest BCUT2D eigenvalue weighted by atomic mass is 10.0. The number of hydrogen-bond donors (Lipinski definition) is 5. The average molecular weight is 436 g/mol. The fraction of sp³-hybridized carbons (Fsp3) is 0.200. The first kappa shape index (κ1) is 21.1. The summed E-state index contributed by atoms with van der Waals surface area (Å²) in [6.07, 6.45) is 0.866. The van der Waals surface area contributed by atoms with Gasteiger partial charge in [0.15, 0.2) is 11.5 Å². The van der Waals surface area contributed by atoms with Gasteiger partial charge in [-0.15, -0.1) is 0 Å². The van der Waals surface area contributed by atoms with Gasteiger partial charge in [0, 0.05) is 18.6 Å². The van der Waals surface area contributed by atoms with Crippen LogP contribution in [0.4, 0.5) is 5.69 Å². The van der Waals surface area contributed by atoms with Crippen molar-refractivity contribution in [3.8, 4) is 28.7 Å². The monoisotopic (exact) mass is 435 g/mol. The summed E-state index contributed by atoms with van der Waals surface area (Å²) in [5, 5.41) is 43.1. The molecule has 0 unspecified atom stereocenters. The van der Waals surface area contributed by atoms with E-state index in [0.29, 0.717) is 0 Å². The number of ether oxygens (including phenoxy) is 2. The molecule has 3 rings (SSSR count). The Morgan fingerprint density at radius 2 is 1.77 bits per heavy atom. The number of aromatic hydroxyl groups is 4. The van der Waals surface area contributed by atoms with Crippen molar-refractivity contribution in [2.24, 2.45) is 0 Å². The third kappa shape index (κ3) is 3.79. The molecule has 0 aliphatic carbocycles. The van der Waals surface area contributed by atoms with Crippen LogP contribution >= 0.6 is 11.6 Å². The normalized spacial score (nSPS) is 14.3. The summed E-state index contributed by atoms with van der Waals surface area (Å²) >= 11 is 6.10. The minimum absolute atomic E-state index is 0.0229. The number of rotatable bonds is 1. The molecule has 0 aromatic heterocycles. The maximum Gasteiger partial charge on any atom is 0.347 e. The van der Waals surface area contributed by atoms with Crippen LogP contribution in [-0.4, -0.2) is 39.4 Å². The van der Waals surface area contributed by atoms with E-state index in [1.165, 1.54) is 20.1 Å². The highest BCUT2D eigenvalue weighted by molar-refractivity contribution is 6.33. The van der Waals surface area contributed by atoms with E-state index in [2.05, 4.69) is 5.32 Å². The van der Waals surface area contributed by atoms with Gasteiger partial charge in [0.25, 0.3) is 0 Å². The standard InChI is InChI=1S/C20H18ClNO8/c1-8-5-10-18(27)11(6-14(25)19(10)29-2)22-15(26)4-3-9-16(20(28)30-8)12(23)7-13(24)17(9)21/h5-7,23-25,27H,3-4H2,1-2H3,(H,22,26). The van der Waals surface area contributed by atoms with Gasteiger partial charge in [-0.25, -0.2) is 4.79 Å². The van der Waals surface area contributed by atoms with E-state index in [4.69, 9.17) is 21.1 Å². The van der Waals surface area contributed by atoms with E-state index < -0.39 is 29.1 Å². The van der Waals surface area contributed by atoms with Gasteiger partial charge in [-0.3, -0.25) is 4.79 Å². The van der Waals surface area contributed by atoms with Crippen LogP contribution in [0.25, 0.3) is 6.08 Å². The molecule has 10 heteroatoms. The molecule has 30 heavy (non-hydrogen) atoms. The summed E-state index contributed by atoms with van der Waals surface area (Å²) in [6, 6.07) is 2.01. The second kappa shape index (κ2) is 8.03. The molecular formula is C20H18ClNO8. The summed E-state index contributed by atoms with van der Waals surface area (Å²) in [4.78, 5) is 25.1. The summed E-state index contributed by atoms with van der Waals surface area (Å²) in [7, 11) is 1.27. The lowest BCUT2D eigenvalue weighted by molar-refractivity contribution is -0.116. The molecule has 1 heterocycles. The maximum absolute atomic E-state index is 12.7. The third-order valence-corrected chi connectivity index (χ3v) is 4.90. The predicted octanol–water partition coefficient (Wildman–Crippen LogP) is 3.27. The van der Waals surface area contributed by atoms with Crippen LogP contribution in [0.2, 0.25) is 5.02 Å². The van der Waals surface area contributed by atoms with Gasteiger partial charge in [-0.05, 0) is 25.0 Å². The van der Waals surface area contributed by atoms with Crippen LogP contribution in [0.15, 0.2) is 17.9 Å². The Hall–Kier alpha value is -3.59. The van der Waals surface area contributed by atoms with Crippen LogP contribution in [-0.2, 0) is 16.0 Å². The molecule has 1 amide bonds. The number of phenols is 4. The first-order chi connectivity index (χ1) is 14.1. The molecule has 1 aliphatic heterocycles. The number of cyclic esters (lactones) is 1. The van der Waals surface area contributed by atoms with Gasteiger partial charge in [0.05, 0.1) is 23.4 Å². The van der Waals surface area contributed by atoms with Crippen LogP contribution in [0.3, 0.4) is 0 Å². The van der Waals surface area contributed by atoms with Gasteiger partial charge in [-0.1, -0.05) is 11.6 Å². The van der Waals surface area contributed by atoms with E-state index in [-0.39, 0.29) is 57.5 Å². The summed E-state index contributed by atoms with van der Waals surface area (Å²) in [5.74, 6) is -3.51. The van der Waals surface area contributed by atoms with E-state index in [9.17, 15) is 30.0 Å². The lowest BCUT2D eigenvalue weighted by Crippen LogP contribution is -2.14. The summed E-state index contributed by atoms with van der Waals surface area (Å²) in [5.41, 5.74) is -0.403. The smallest absolute Gasteiger partial charge is 0.347 e. The molecule has 0 saturated carbocycles. The molecule has 2 bridgehead atoms. The fourth-order valence-electron chi connectivity index (χ4n) is 3.13. The summed E-state index contributed by atoms with van der Waals surface area (Å²) in [6.45, 7) is 1.40. The van der Waals surface area contributed by atoms with Crippen molar-refractivity contribution in [1.29, 1.82) is 0 Å². The molecule has 0 atom stereocenters. The molecule has 0 spiro atoms. The Labute approximate surface area is 175 Å². The third-order valence-electron chi connectivity index (χ3n) is 4.48. The van der Waals surface area contributed by atoms with Crippen LogP contribution < -0.4 is 10.1 Å². The minimum atomic E-state index is -0.989. The molecule has 9 nitrogen and oxygen atoms in total. The van der Waals surface area contributed by atoms with Crippen molar-refractivity contribution < 1.29 is 39.5 Å². The number of fused-ring (bicyclic) bond motifs is 3.